The molecule has 0 bridgehead atoms. The molecule has 0 aromatic carbocycles. The second kappa shape index (κ2) is 8.08. The Bertz CT molecular complexity index is 314. The molecule has 1 rings (SSSR count). The predicted molar refractivity (Wildman–Crippen MR) is 71.9 cm³/mol. The minimum absolute atomic E-state index is 0.685. The van der Waals surface area contributed by atoms with Gasteiger partial charge in [0.25, 0.3) is 0 Å². The van der Waals surface area contributed by atoms with Crippen LogP contribution in [0, 0.1) is 0 Å². The monoisotopic (exact) mass is 256 g/mol. The van der Waals surface area contributed by atoms with E-state index in [9.17, 15) is 0 Å². The van der Waals surface area contributed by atoms with Gasteiger partial charge in [-0.25, -0.2) is 0 Å². The highest BCUT2D eigenvalue weighted by Crippen LogP contribution is 2.03. The molecule has 0 atom stereocenters. The molecule has 0 saturated heterocycles. The standard InChI is InChI=1S/C12H20N2O2S/c1-3-15-8-5-7-13-12(17)14(2)10-11-6-4-9-16-11/h4,6,9H,3,5,7-8,10H2,1-2H3,(H,13,17). The van der Waals surface area contributed by atoms with Gasteiger partial charge in [0.05, 0.1) is 12.8 Å². The zero-order valence-electron chi connectivity index (χ0n) is 10.4. The summed E-state index contributed by atoms with van der Waals surface area (Å²) in [6, 6.07) is 3.82. The average Bonchev–Trinajstić information content (AvgIpc) is 2.81. The molecule has 0 fully saturated rings. The molecule has 96 valence electrons. The summed E-state index contributed by atoms with van der Waals surface area (Å²) in [5.74, 6) is 0.908. The van der Waals surface area contributed by atoms with Gasteiger partial charge in [0, 0.05) is 26.8 Å². The van der Waals surface area contributed by atoms with Gasteiger partial charge in [-0.05, 0) is 37.7 Å². The molecule has 0 aliphatic carbocycles. The summed E-state index contributed by atoms with van der Waals surface area (Å²) < 4.78 is 10.5. The number of ether oxygens (including phenoxy) is 1. The quantitative estimate of drug-likeness (QED) is 0.597. The topological polar surface area (TPSA) is 37.6 Å². The molecule has 0 aliphatic heterocycles. The Morgan fingerprint density at radius 2 is 2.41 bits per heavy atom. The normalized spacial score (nSPS) is 10.2. The summed E-state index contributed by atoms with van der Waals surface area (Å²) in [6.07, 6.45) is 2.63. The van der Waals surface area contributed by atoms with E-state index in [-0.39, 0.29) is 0 Å². The van der Waals surface area contributed by atoms with Gasteiger partial charge < -0.3 is 19.4 Å². The van der Waals surface area contributed by atoms with Crippen molar-refractivity contribution in [2.75, 3.05) is 26.8 Å². The summed E-state index contributed by atoms with van der Waals surface area (Å²) in [5.41, 5.74) is 0. The third-order valence-corrected chi connectivity index (χ3v) is 2.72. The fraction of sp³-hybridized carbons (Fsp3) is 0.583. The van der Waals surface area contributed by atoms with E-state index in [0.29, 0.717) is 6.54 Å². The lowest BCUT2D eigenvalue weighted by atomic mass is 10.4. The molecular formula is C12H20N2O2S. The highest BCUT2D eigenvalue weighted by atomic mass is 32.1. The van der Waals surface area contributed by atoms with Crippen LogP contribution in [-0.2, 0) is 11.3 Å². The smallest absolute Gasteiger partial charge is 0.169 e. The van der Waals surface area contributed by atoms with E-state index in [1.807, 2.05) is 31.0 Å². The fourth-order valence-corrected chi connectivity index (χ4v) is 1.52. The van der Waals surface area contributed by atoms with Crippen molar-refractivity contribution in [1.82, 2.24) is 10.2 Å². The third-order valence-electron chi connectivity index (χ3n) is 2.27. The van der Waals surface area contributed by atoms with Crippen LogP contribution < -0.4 is 5.32 Å². The molecule has 0 unspecified atom stereocenters. The molecule has 1 N–H and O–H groups in total. The molecule has 4 nitrogen and oxygen atoms in total. The Morgan fingerprint density at radius 1 is 1.59 bits per heavy atom. The molecule has 17 heavy (non-hydrogen) atoms. The Balaban J connectivity index is 2.14. The van der Waals surface area contributed by atoms with Crippen LogP contribution in [0.25, 0.3) is 0 Å². The van der Waals surface area contributed by atoms with Crippen LogP contribution in [0.5, 0.6) is 0 Å². The van der Waals surface area contributed by atoms with Crippen molar-refractivity contribution < 1.29 is 9.15 Å². The molecule has 5 heteroatoms. The fourth-order valence-electron chi connectivity index (χ4n) is 1.36. The van der Waals surface area contributed by atoms with E-state index in [1.165, 1.54) is 0 Å². The maximum absolute atomic E-state index is 5.26. The molecule has 1 heterocycles. The first-order chi connectivity index (χ1) is 8.24. The minimum atomic E-state index is 0.685. The van der Waals surface area contributed by atoms with E-state index in [0.717, 1.165) is 37.1 Å². The van der Waals surface area contributed by atoms with E-state index in [4.69, 9.17) is 21.4 Å². The largest absolute Gasteiger partial charge is 0.467 e. The molecule has 0 amide bonds. The van der Waals surface area contributed by atoms with Gasteiger partial charge >= 0.3 is 0 Å². The van der Waals surface area contributed by atoms with Crippen molar-refractivity contribution in [1.29, 1.82) is 0 Å². The summed E-state index contributed by atoms with van der Waals surface area (Å²) >= 11 is 5.26. The maximum Gasteiger partial charge on any atom is 0.169 e. The predicted octanol–water partition coefficient (Wildman–Crippen LogP) is 2.01. The number of nitrogens with one attached hydrogen (secondary N) is 1. The molecular weight excluding hydrogens is 236 g/mol. The van der Waals surface area contributed by atoms with Crippen molar-refractivity contribution in [2.45, 2.75) is 19.9 Å². The summed E-state index contributed by atoms with van der Waals surface area (Å²) in [6.45, 7) is 5.05. The molecule has 1 aromatic rings. The summed E-state index contributed by atoms with van der Waals surface area (Å²) in [5, 5.41) is 3.92. The van der Waals surface area contributed by atoms with E-state index >= 15 is 0 Å². The number of nitrogens with zero attached hydrogens (tertiary/aromatic N) is 1. The van der Waals surface area contributed by atoms with Gasteiger partial charge in [0.1, 0.15) is 5.76 Å². The lowest BCUT2D eigenvalue weighted by molar-refractivity contribution is 0.145. The summed E-state index contributed by atoms with van der Waals surface area (Å²) in [4.78, 5) is 1.95. The minimum Gasteiger partial charge on any atom is -0.467 e. The SMILES string of the molecule is CCOCCCNC(=S)N(C)Cc1ccco1. The molecule has 0 radical (unpaired) electrons. The first-order valence-electron chi connectivity index (χ1n) is 5.83. The number of hydrogen-bond donors (Lipinski definition) is 1. The Hall–Kier alpha value is -1.07. The first kappa shape index (κ1) is 14.0. The van der Waals surface area contributed by atoms with Crippen molar-refractivity contribution in [2.24, 2.45) is 0 Å². The van der Waals surface area contributed by atoms with Crippen molar-refractivity contribution in [3.05, 3.63) is 24.2 Å². The highest BCUT2D eigenvalue weighted by molar-refractivity contribution is 7.80. The second-order valence-electron chi connectivity index (χ2n) is 3.72. The van der Waals surface area contributed by atoms with E-state index < -0.39 is 0 Å². The van der Waals surface area contributed by atoms with Crippen LogP contribution >= 0.6 is 12.2 Å². The Kier molecular flexibility index (Phi) is 6.65. The van der Waals surface area contributed by atoms with Crippen molar-refractivity contribution >= 4 is 17.3 Å². The van der Waals surface area contributed by atoms with Crippen LogP contribution in [0.4, 0.5) is 0 Å². The molecule has 1 aromatic heterocycles. The van der Waals surface area contributed by atoms with E-state index in [2.05, 4.69) is 5.32 Å². The summed E-state index contributed by atoms with van der Waals surface area (Å²) in [7, 11) is 1.94. The Labute approximate surface area is 108 Å². The Morgan fingerprint density at radius 3 is 3.06 bits per heavy atom. The zero-order chi connectivity index (χ0) is 12.5. The van der Waals surface area contributed by atoms with Crippen molar-refractivity contribution in [3.8, 4) is 0 Å². The third kappa shape index (κ3) is 5.70. The van der Waals surface area contributed by atoms with Crippen LogP contribution in [0.2, 0.25) is 0 Å². The first-order valence-corrected chi connectivity index (χ1v) is 6.24. The van der Waals surface area contributed by atoms with Gasteiger partial charge in [0.15, 0.2) is 5.11 Å². The van der Waals surface area contributed by atoms with Gasteiger partial charge in [-0.2, -0.15) is 0 Å². The van der Waals surface area contributed by atoms with E-state index in [1.54, 1.807) is 6.26 Å². The zero-order valence-corrected chi connectivity index (χ0v) is 11.3. The highest BCUT2D eigenvalue weighted by Gasteiger charge is 2.05. The van der Waals surface area contributed by atoms with Gasteiger partial charge in [-0.3, -0.25) is 0 Å². The van der Waals surface area contributed by atoms with Gasteiger partial charge in [-0.15, -0.1) is 0 Å². The molecule has 0 aliphatic rings. The average molecular weight is 256 g/mol. The number of furan rings is 1. The lowest BCUT2D eigenvalue weighted by Gasteiger charge is -2.19. The van der Waals surface area contributed by atoms with Crippen LogP contribution in [-0.4, -0.2) is 36.8 Å². The number of thiocarbonyl (C=S) groups is 1. The van der Waals surface area contributed by atoms with Gasteiger partial charge in [-0.1, -0.05) is 0 Å². The second-order valence-corrected chi connectivity index (χ2v) is 4.10. The van der Waals surface area contributed by atoms with Crippen molar-refractivity contribution in [3.63, 3.8) is 0 Å². The molecule has 0 saturated carbocycles. The number of rotatable bonds is 7. The van der Waals surface area contributed by atoms with Crippen LogP contribution in [0.15, 0.2) is 22.8 Å². The number of hydrogen-bond acceptors (Lipinski definition) is 3. The van der Waals surface area contributed by atoms with Crippen LogP contribution in [0.1, 0.15) is 19.1 Å². The van der Waals surface area contributed by atoms with Crippen LogP contribution in [0.3, 0.4) is 0 Å². The maximum atomic E-state index is 5.26. The lowest BCUT2D eigenvalue weighted by Crippen LogP contribution is -2.37. The molecule has 0 spiro atoms. The van der Waals surface area contributed by atoms with Gasteiger partial charge in [0.2, 0.25) is 0 Å².